The Bertz CT molecular complexity index is 710. The Balaban J connectivity index is 1.52. The fourth-order valence-electron chi connectivity index (χ4n) is 2.77. The van der Waals surface area contributed by atoms with Crippen molar-refractivity contribution in [3.8, 4) is 5.75 Å². The Morgan fingerprint density at radius 2 is 2.00 bits per heavy atom. The van der Waals surface area contributed by atoms with Crippen molar-refractivity contribution in [2.24, 2.45) is 0 Å². The van der Waals surface area contributed by atoms with Crippen LogP contribution in [0.2, 0.25) is 0 Å². The second-order valence-corrected chi connectivity index (χ2v) is 6.78. The SMILES string of the molecule is CCc1ccc(OCCSc2nc3c(c(=O)[nH]2)CCCC3)cc1. The van der Waals surface area contributed by atoms with Gasteiger partial charge in [-0.05, 0) is 49.8 Å². The summed E-state index contributed by atoms with van der Waals surface area (Å²) in [5.74, 6) is 1.65. The zero-order valence-electron chi connectivity index (χ0n) is 13.4. The topological polar surface area (TPSA) is 55.0 Å². The average Bonchev–Trinajstić information content (AvgIpc) is 2.59. The highest BCUT2D eigenvalue weighted by Crippen LogP contribution is 2.19. The van der Waals surface area contributed by atoms with Crippen molar-refractivity contribution < 1.29 is 4.74 Å². The van der Waals surface area contributed by atoms with Crippen LogP contribution in [0.3, 0.4) is 0 Å². The number of aryl methyl sites for hydroxylation is 2. The van der Waals surface area contributed by atoms with Crippen LogP contribution in [0.1, 0.15) is 36.6 Å². The lowest BCUT2D eigenvalue weighted by Gasteiger charge is -2.14. The molecule has 0 radical (unpaired) electrons. The third kappa shape index (κ3) is 4.16. The molecule has 0 bridgehead atoms. The van der Waals surface area contributed by atoms with Crippen molar-refractivity contribution in [1.82, 2.24) is 9.97 Å². The summed E-state index contributed by atoms with van der Waals surface area (Å²) < 4.78 is 5.73. The molecule has 4 nitrogen and oxygen atoms in total. The van der Waals surface area contributed by atoms with Gasteiger partial charge in [-0.1, -0.05) is 30.8 Å². The minimum absolute atomic E-state index is 0.0354. The maximum absolute atomic E-state index is 12.1. The van der Waals surface area contributed by atoms with Crippen molar-refractivity contribution in [3.05, 3.63) is 51.4 Å². The van der Waals surface area contributed by atoms with Gasteiger partial charge in [0.1, 0.15) is 5.75 Å². The normalized spacial score (nSPS) is 13.6. The minimum Gasteiger partial charge on any atom is -0.493 e. The van der Waals surface area contributed by atoms with E-state index in [0.717, 1.165) is 54.9 Å². The van der Waals surface area contributed by atoms with Crippen LogP contribution in [-0.4, -0.2) is 22.3 Å². The average molecular weight is 330 g/mol. The van der Waals surface area contributed by atoms with Gasteiger partial charge in [0.05, 0.1) is 12.3 Å². The highest BCUT2D eigenvalue weighted by Gasteiger charge is 2.15. The van der Waals surface area contributed by atoms with E-state index in [1.54, 1.807) is 11.8 Å². The number of benzene rings is 1. The highest BCUT2D eigenvalue weighted by molar-refractivity contribution is 7.99. The molecular formula is C18H22N2O2S. The Morgan fingerprint density at radius 1 is 1.22 bits per heavy atom. The monoisotopic (exact) mass is 330 g/mol. The second kappa shape index (κ2) is 7.68. The Hall–Kier alpha value is -1.75. The predicted octanol–water partition coefficient (Wildman–Crippen LogP) is 3.38. The van der Waals surface area contributed by atoms with Crippen molar-refractivity contribution in [2.75, 3.05) is 12.4 Å². The van der Waals surface area contributed by atoms with Gasteiger partial charge in [0.25, 0.3) is 5.56 Å². The van der Waals surface area contributed by atoms with Crippen molar-refractivity contribution in [2.45, 2.75) is 44.2 Å². The largest absolute Gasteiger partial charge is 0.493 e. The second-order valence-electron chi connectivity index (χ2n) is 5.70. The predicted molar refractivity (Wildman–Crippen MR) is 93.5 cm³/mol. The molecule has 0 amide bonds. The number of ether oxygens (including phenoxy) is 1. The zero-order chi connectivity index (χ0) is 16.1. The molecule has 1 aliphatic rings. The molecule has 1 N–H and O–H groups in total. The third-order valence-corrected chi connectivity index (χ3v) is 4.93. The first-order valence-corrected chi connectivity index (χ1v) is 9.21. The summed E-state index contributed by atoms with van der Waals surface area (Å²) in [5.41, 5.74) is 3.21. The van der Waals surface area contributed by atoms with E-state index in [0.29, 0.717) is 11.8 Å². The van der Waals surface area contributed by atoms with Gasteiger partial charge in [0.15, 0.2) is 5.16 Å². The maximum atomic E-state index is 12.1. The van der Waals surface area contributed by atoms with Gasteiger partial charge in [-0.15, -0.1) is 0 Å². The number of rotatable bonds is 6. The molecule has 122 valence electrons. The summed E-state index contributed by atoms with van der Waals surface area (Å²) in [7, 11) is 0. The highest BCUT2D eigenvalue weighted by atomic mass is 32.2. The van der Waals surface area contributed by atoms with Gasteiger partial charge >= 0.3 is 0 Å². The van der Waals surface area contributed by atoms with E-state index in [-0.39, 0.29) is 5.56 Å². The molecule has 0 saturated carbocycles. The molecule has 0 unspecified atom stereocenters. The van der Waals surface area contributed by atoms with Crippen LogP contribution in [0.5, 0.6) is 5.75 Å². The molecule has 1 aromatic heterocycles. The summed E-state index contributed by atoms with van der Waals surface area (Å²) in [5, 5.41) is 0.709. The van der Waals surface area contributed by atoms with Gasteiger partial charge in [-0.25, -0.2) is 4.98 Å². The molecule has 23 heavy (non-hydrogen) atoms. The number of nitrogens with one attached hydrogen (secondary N) is 1. The van der Waals surface area contributed by atoms with E-state index in [9.17, 15) is 4.79 Å². The van der Waals surface area contributed by atoms with Crippen LogP contribution in [0.15, 0.2) is 34.2 Å². The zero-order valence-corrected chi connectivity index (χ0v) is 14.2. The first-order valence-electron chi connectivity index (χ1n) is 8.23. The molecule has 1 heterocycles. The lowest BCUT2D eigenvalue weighted by Crippen LogP contribution is -2.21. The fourth-order valence-corrected chi connectivity index (χ4v) is 3.47. The van der Waals surface area contributed by atoms with E-state index in [4.69, 9.17) is 4.74 Å². The number of thioether (sulfide) groups is 1. The molecule has 1 aromatic carbocycles. The van der Waals surface area contributed by atoms with Gasteiger partial charge in [0, 0.05) is 11.3 Å². The van der Waals surface area contributed by atoms with Gasteiger partial charge in [-0.2, -0.15) is 0 Å². The van der Waals surface area contributed by atoms with E-state index in [1.807, 2.05) is 12.1 Å². The number of fused-ring (bicyclic) bond motifs is 1. The number of hydrogen-bond donors (Lipinski definition) is 1. The lowest BCUT2D eigenvalue weighted by molar-refractivity contribution is 0.344. The molecule has 2 aromatic rings. The van der Waals surface area contributed by atoms with E-state index >= 15 is 0 Å². The van der Waals surface area contributed by atoms with E-state index in [2.05, 4.69) is 29.0 Å². The van der Waals surface area contributed by atoms with Crippen LogP contribution in [0.4, 0.5) is 0 Å². The Morgan fingerprint density at radius 3 is 2.78 bits per heavy atom. The van der Waals surface area contributed by atoms with Gasteiger partial charge < -0.3 is 9.72 Å². The van der Waals surface area contributed by atoms with Crippen LogP contribution >= 0.6 is 11.8 Å². The van der Waals surface area contributed by atoms with Crippen molar-refractivity contribution in [1.29, 1.82) is 0 Å². The number of aromatic amines is 1. The third-order valence-electron chi connectivity index (χ3n) is 4.09. The molecule has 5 heteroatoms. The molecule has 0 spiro atoms. The minimum atomic E-state index is 0.0354. The van der Waals surface area contributed by atoms with Crippen molar-refractivity contribution >= 4 is 11.8 Å². The molecular weight excluding hydrogens is 308 g/mol. The number of H-pyrrole nitrogens is 1. The van der Waals surface area contributed by atoms with Gasteiger partial charge in [0.2, 0.25) is 0 Å². The summed E-state index contributed by atoms with van der Waals surface area (Å²) in [4.78, 5) is 19.5. The first-order chi connectivity index (χ1) is 11.3. The number of hydrogen-bond acceptors (Lipinski definition) is 4. The molecule has 0 fully saturated rings. The van der Waals surface area contributed by atoms with Crippen LogP contribution in [0, 0.1) is 0 Å². The number of nitrogens with zero attached hydrogens (tertiary/aromatic N) is 1. The standard InChI is InChI=1S/C18H22N2O2S/c1-2-13-7-9-14(10-8-13)22-11-12-23-18-19-16-6-4-3-5-15(16)17(21)20-18/h7-10H,2-6,11-12H2,1H3,(H,19,20,21). The molecule has 0 saturated heterocycles. The fraction of sp³-hybridized carbons (Fsp3) is 0.444. The number of aromatic nitrogens is 2. The Kier molecular flexibility index (Phi) is 5.39. The summed E-state index contributed by atoms with van der Waals surface area (Å²) in [6, 6.07) is 8.18. The molecule has 0 aliphatic heterocycles. The van der Waals surface area contributed by atoms with Crippen LogP contribution < -0.4 is 10.3 Å². The van der Waals surface area contributed by atoms with E-state index < -0.39 is 0 Å². The lowest BCUT2D eigenvalue weighted by atomic mass is 9.97. The quantitative estimate of drug-likeness (QED) is 0.501. The van der Waals surface area contributed by atoms with Crippen molar-refractivity contribution in [3.63, 3.8) is 0 Å². The Labute approximate surface area is 140 Å². The summed E-state index contributed by atoms with van der Waals surface area (Å²) >= 11 is 1.54. The summed E-state index contributed by atoms with van der Waals surface area (Å²) in [6.07, 6.45) is 5.04. The van der Waals surface area contributed by atoms with Crippen LogP contribution in [0.25, 0.3) is 0 Å². The van der Waals surface area contributed by atoms with Crippen LogP contribution in [-0.2, 0) is 19.3 Å². The molecule has 3 rings (SSSR count). The van der Waals surface area contributed by atoms with Gasteiger partial charge in [-0.3, -0.25) is 4.79 Å². The summed E-state index contributed by atoms with van der Waals surface area (Å²) in [6.45, 7) is 2.73. The molecule has 1 aliphatic carbocycles. The smallest absolute Gasteiger partial charge is 0.254 e. The molecule has 0 atom stereocenters. The van der Waals surface area contributed by atoms with E-state index in [1.165, 1.54) is 5.56 Å². The maximum Gasteiger partial charge on any atom is 0.254 e. The first kappa shape index (κ1) is 16.1.